The molecule has 1 atom stereocenters. The van der Waals surface area contributed by atoms with E-state index in [1.165, 1.54) is 12.8 Å². The fraction of sp³-hybridized carbons (Fsp3) is 0.909. The van der Waals surface area contributed by atoms with Crippen LogP contribution in [0.3, 0.4) is 0 Å². The topological polar surface area (TPSA) is 17.1 Å². The van der Waals surface area contributed by atoms with Crippen molar-refractivity contribution in [3.05, 3.63) is 0 Å². The number of hydrogen-bond acceptors (Lipinski definition) is 1. The van der Waals surface area contributed by atoms with E-state index in [2.05, 4.69) is 20.8 Å². The van der Waals surface area contributed by atoms with E-state index in [9.17, 15) is 4.79 Å². The van der Waals surface area contributed by atoms with Gasteiger partial charge >= 0.3 is 0 Å². The van der Waals surface area contributed by atoms with Gasteiger partial charge < -0.3 is 0 Å². The zero-order chi connectivity index (χ0) is 9.19. The van der Waals surface area contributed by atoms with Gasteiger partial charge in [0.2, 0.25) is 0 Å². The molecule has 1 saturated carbocycles. The molecule has 1 heteroatoms. The first-order chi connectivity index (χ1) is 5.50. The number of ketones is 1. The van der Waals surface area contributed by atoms with Crippen LogP contribution in [-0.4, -0.2) is 5.78 Å². The Labute approximate surface area is 75.5 Å². The van der Waals surface area contributed by atoms with Crippen molar-refractivity contribution >= 4 is 5.78 Å². The van der Waals surface area contributed by atoms with Gasteiger partial charge in [0.05, 0.1) is 0 Å². The minimum absolute atomic E-state index is 0.319. The molecule has 1 rings (SSSR count). The molecule has 1 fully saturated rings. The number of carbonyl (C=O) groups is 1. The molecular weight excluding hydrogens is 148 g/mol. The highest BCUT2D eigenvalue weighted by molar-refractivity contribution is 5.78. The van der Waals surface area contributed by atoms with Crippen molar-refractivity contribution in [3.8, 4) is 0 Å². The Bertz CT molecular complexity index is 164. The summed E-state index contributed by atoms with van der Waals surface area (Å²) in [6, 6.07) is 0. The summed E-state index contributed by atoms with van der Waals surface area (Å²) >= 11 is 0. The smallest absolute Gasteiger partial charge is 0.133 e. The normalized spacial score (nSPS) is 26.9. The first-order valence-electron chi connectivity index (χ1n) is 5.02. The quantitative estimate of drug-likeness (QED) is 0.508. The van der Waals surface area contributed by atoms with E-state index in [4.69, 9.17) is 0 Å². The lowest BCUT2D eigenvalue weighted by Gasteiger charge is -2.29. The third-order valence-electron chi connectivity index (χ3n) is 2.96. The van der Waals surface area contributed by atoms with Crippen molar-refractivity contribution in [1.29, 1.82) is 0 Å². The molecule has 1 aliphatic carbocycles. The number of hydrogen-bond donors (Lipinski definition) is 0. The second-order valence-electron chi connectivity index (χ2n) is 5.05. The van der Waals surface area contributed by atoms with Crippen LogP contribution in [0.4, 0.5) is 0 Å². The van der Waals surface area contributed by atoms with Gasteiger partial charge in [0, 0.05) is 12.8 Å². The van der Waals surface area contributed by atoms with E-state index in [1.807, 2.05) is 0 Å². The molecule has 1 unspecified atom stereocenters. The van der Waals surface area contributed by atoms with Gasteiger partial charge in [0.25, 0.3) is 0 Å². The standard InChI is InChI=1S/C11H20O/c1-11(2,3)9-6-4-5-7-10(12)8-9/h9H,4-8H2,1-3H3. The van der Waals surface area contributed by atoms with Crippen LogP contribution in [0, 0.1) is 11.3 Å². The Balaban J connectivity index is 2.58. The molecule has 0 aromatic heterocycles. The molecule has 12 heavy (non-hydrogen) atoms. The lowest BCUT2D eigenvalue weighted by molar-refractivity contribution is -0.120. The van der Waals surface area contributed by atoms with Crippen LogP contribution in [0.15, 0.2) is 0 Å². The van der Waals surface area contributed by atoms with E-state index in [-0.39, 0.29) is 0 Å². The summed E-state index contributed by atoms with van der Waals surface area (Å²) in [6.07, 6.45) is 5.25. The zero-order valence-electron chi connectivity index (χ0n) is 8.52. The highest BCUT2D eigenvalue weighted by Crippen LogP contribution is 2.35. The molecular formula is C11H20O. The fourth-order valence-corrected chi connectivity index (χ4v) is 1.93. The van der Waals surface area contributed by atoms with E-state index < -0.39 is 0 Å². The molecule has 1 aliphatic rings. The van der Waals surface area contributed by atoms with Gasteiger partial charge in [-0.15, -0.1) is 0 Å². The van der Waals surface area contributed by atoms with Crippen LogP contribution in [0.5, 0.6) is 0 Å². The maximum atomic E-state index is 11.3. The van der Waals surface area contributed by atoms with Crippen LogP contribution in [0.25, 0.3) is 0 Å². The molecule has 0 aliphatic heterocycles. The largest absolute Gasteiger partial charge is 0.300 e. The summed E-state index contributed by atoms with van der Waals surface area (Å²) in [4.78, 5) is 11.3. The molecule has 0 heterocycles. The second-order valence-corrected chi connectivity index (χ2v) is 5.05. The summed E-state index contributed by atoms with van der Waals surface area (Å²) < 4.78 is 0. The summed E-state index contributed by atoms with van der Waals surface area (Å²) in [6.45, 7) is 6.74. The first kappa shape index (κ1) is 9.76. The SMILES string of the molecule is CC(C)(C)C1CCCCC(=O)C1. The van der Waals surface area contributed by atoms with Crippen molar-refractivity contribution < 1.29 is 4.79 Å². The molecule has 0 amide bonds. The van der Waals surface area contributed by atoms with Gasteiger partial charge in [0.15, 0.2) is 0 Å². The van der Waals surface area contributed by atoms with Gasteiger partial charge in [-0.1, -0.05) is 27.2 Å². The Morgan fingerprint density at radius 1 is 1.25 bits per heavy atom. The summed E-state index contributed by atoms with van der Waals surface area (Å²) in [5.41, 5.74) is 0.319. The Kier molecular flexibility index (Phi) is 2.92. The van der Waals surface area contributed by atoms with Crippen LogP contribution >= 0.6 is 0 Å². The van der Waals surface area contributed by atoms with Crippen molar-refractivity contribution in [1.82, 2.24) is 0 Å². The van der Waals surface area contributed by atoms with Crippen molar-refractivity contribution in [2.24, 2.45) is 11.3 Å². The molecule has 0 aromatic carbocycles. The van der Waals surface area contributed by atoms with Crippen LogP contribution in [0.1, 0.15) is 52.9 Å². The van der Waals surface area contributed by atoms with Gasteiger partial charge in [-0.2, -0.15) is 0 Å². The molecule has 0 saturated heterocycles. The average molecular weight is 168 g/mol. The van der Waals surface area contributed by atoms with E-state index in [0.29, 0.717) is 17.1 Å². The van der Waals surface area contributed by atoms with Gasteiger partial charge in [0.1, 0.15) is 5.78 Å². The zero-order valence-corrected chi connectivity index (χ0v) is 8.52. The molecule has 0 N–H and O–H groups in total. The maximum absolute atomic E-state index is 11.3. The molecule has 0 radical (unpaired) electrons. The van der Waals surface area contributed by atoms with Crippen LogP contribution in [0.2, 0.25) is 0 Å². The Morgan fingerprint density at radius 3 is 2.50 bits per heavy atom. The third-order valence-corrected chi connectivity index (χ3v) is 2.96. The predicted octanol–water partition coefficient (Wildman–Crippen LogP) is 3.18. The lowest BCUT2D eigenvalue weighted by Crippen LogP contribution is -2.21. The first-order valence-corrected chi connectivity index (χ1v) is 5.02. The lowest BCUT2D eigenvalue weighted by atomic mass is 9.76. The molecule has 0 spiro atoms. The molecule has 0 aromatic rings. The predicted molar refractivity (Wildman–Crippen MR) is 51.0 cm³/mol. The number of rotatable bonds is 0. The van der Waals surface area contributed by atoms with Gasteiger partial charge in [-0.05, 0) is 24.2 Å². The monoisotopic (exact) mass is 168 g/mol. The van der Waals surface area contributed by atoms with Crippen molar-refractivity contribution in [2.75, 3.05) is 0 Å². The van der Waals surface area contributed by atoms with E-state index in [1.54, 1.807) is 0 Å². The minimum atomic E-state index is 0.319. The molecule has 70 valence electrons. The summed E-state index contributed by atoms with van der Waals surface area (Å²) in [7, 11) is 0. The molecule has 0 bridgehead atoms. The molecule has 1 nitrogen and oxygen atoms in total. The highest BCUT2D eigenvalue weighted by Gasteiger charge is 2.27. The Morgan fingerprint density at radius 2 is 1.92 bits per heavy atom. The summed E-state index contributed by atoms with van der Waals surface area (Å²) in [5.74, 6) is 1.10. The maximum Gasteiger partial charge on any atom is 0.133 e. The Hall–Kier alpha value is -0.330. The number of Topliss-reactive ketones (excluding diaryl/α,β-unsaturated/α-hetero) is 1. The van der Waals surface area contributed by atoms with E-state index >= 15 is 0 Å². The fourth-order valence-electron chi connectivity index (χ4n) is 1.93. The number of carbonyl (C=O) groups excluding carboxylic acids is 1. The van der Waals surface area contributed by atoms with Crippen molar-refractivity contribution in [2.45, 2.75) is 52.9 Å². The summed E-state index contributed by atoms with van der Waals surface area (Å²) in [5, 5.41) is 0. The van der Waals surface area contributed by atoms with Gasteiger partial charge in [-0.25, -0.2) is 0 Å². The third kappa shape index (κ3) is 2.62. The van der Waals surface area contributed by atoms with Crippen LogP contribution < -0.4 is 0 Å². The average Bonchev–Trinajstić information content (AvgIpc) is 2.11. The van der Waals surface area contributed by atoms with E-state index in [0.717, 1.165) is 19.3 Å². The van der Waals surface area contributed by atoms with Crippen LogP contribution in [-0.2, 0) is 4.79 Å². The van der Waals surface area contributed by atoms with Crippen molar-refractivity contribution in [3.63, 3.8) is 0 Å². The second kappa shape index (κ2) is 3.59. The highest BCUT2D eigenvalue weighted by atomic mass is 16.1. The minimum Gasteiger partial charge on any atom is -0.300 e. The van der Waals surface area contributed by atoms with Gasteiger partial charge in [-0.3, -0.25) is 4.79 Å².